The molecular weight excluding hydrogens is 202 g/mol. The van der Waals surface area contributed by atoms with Gasteiger partial charge >= 0.3 is 0 Å². The second-order valence-electron chi connectivity index (χ2n) is 5.70. The Morgan fingerprint density at radius 2 is 2.19 bits per heavy atom. The summed E-state index contributed by atoms with van der Waals surface area (Å²) in [7, 11) is 0. The van der Waals surface area contributed by atoms with Gasteiger partial charge < -0.3 is 15.8 Å². The minimum absolute atomic E-state index is 0.0190. The lowest BCUT2D eigenvalue weighted by atomic mass is 9.90. The molecule has 4 nitrogen and oxygen atoms in total. The van der Waals surface area contributed by atoms with Crippen molar-refractivity contribution in [3.63, 3.8) is 0 Å². The first-order valence-corrected chi connectivity index (χ1v) is 6.04. The number of ether oxygens (including phenoxy) is 1. The second kappa shape index (κ2) is 5.53. The van der Waals surface area contributed by atoms with Gasteiger partial charge in [-0.25, -0.2) is 0 Å². The number of nitrogens with one attached hydrogen (secondary N) is 1. The predicted octanol–water partition coefficient (Wildman–Crippen LogP) is 1.36. The van der Waals surface area contributed by atoms with Gasteiger partial charge in [-0.15, -0.1) is 0 Å². The van der Waals surface area contributed by atoms with Crippen LogP contribution in [0.3, 0.4) is 0 Å². The molecule has 94 valence electrons. The SMILES string of the molecule is CC1COCCC1CN=C(N)NC(C)(C)C. The summed E-state index contributed by atoms with van der Waals surface area (Å²) in [6.07, 6.45) is 1.09. The Balaban J connectivity index is 2.39. The molecule has 16 heavy (non-hydrogen) atoms. The van der Waals surface area contributed by atoms with Crippen LogP contribution in [-0.2, 0) is 4.74 Å². The maximum Gasteiger partial charge on any atom is 0.188 e. The Morgan fingerprint density at radius 1 is 1.50 bits per heavy atom. The average molecular weight is 227 g/mol. The zero-order valence-corrected chi connectivity index (χ0v) is 10.9. The van der Waals surface area contributed by atoms with Gasteiger partial charge in [0.1, 0.15) is 0 Å². The summed E-state index contributed by atoms with van der Waals surface area (Å²) in [5, 5.41) is 3.17. The van der Waals surface area contributed by atoms with Gasteiger partial charge in [0.05, 0.1) is 0 Å². The number of hydrogen-bond acceptors (Lipinski definition) is 2. The van der Waals surface area contributed by atoms with Crippen LogP contribution < -0.4 is 11.1 Å². The average Bonchev–Trinajstić information content (AvgIpc) is 2.14. The fourth-order valence-electron chi connectivity index (χ4n) is 1.84. The lowest BCUT2D eigenvalue weighted by Crippen LogP contribution is -2.45. The zero-order chi connectivity index (χ0) is 12.2. The maximum atomic E-state index is 5.83. The van der Waals surface area contributed by atoms with Crippen LogP contribution in [0.15, 0.2) is 4.99 Å². The number of nitrogens with two attached hydrogens (primary N) is 1. The Bertz CT molecular complexity index is 245. The maximum absolute atomic E-state index is 5.83. The van der Waals surface area contributed by atoms with Crippen molar-refractivity contribution in [1.29, 1.82) is 0 Å². The minimum atomic E-state index is -0.0190. The summed E-state index contributed by atoms with van der Waals surface area (Å²) in [5.74, 6) is 1.74. The molecule has 1 aliphatic heterocycles. The number of rotatable bonds is 2. The molecule has 2 unspecified atom stereocenters. The van der Waals surface area contributed by atoms with Crippen LogP contribution in [-0.4, -0.2) is 31.3 Å². The monoisotopic (exact) mass is 227 g/mol. The first kappa shape index (κ1) is 13.3. The van der Waals surface area contributed by atoms with E-state index >= 15 is 0 Å². The van der Waals surface area contributed by atoms with E-state index in [2.05, 4.69) is 38.0 Å². The topological polar surface area (TPSA) is 59.6 Å². The highest BCUT2D eigenvalue weighted by Crippen LogP contribution is 2.21. The normalized spacial score (nSPS) is 27.9. The summed E-state index contributed by atoms with van der Waals surface area (Å²) in [6.45, 7) is 11.0. The molecule has 2 atom stereocenters. The molecule has 1 saturated heterocycles. The van der Waals surface area contributed by atoms with Crippen molar-refractivity contribution >= 4 is 5.96 Å². The van der Waals surface area contributed by atoms with E-state index in [0.717, 1.165) is 26.2 Å². The van der Waals surface area contributed by atoms with Gasteiger partial charge in [0.2, 0.25) is 0 Å². The number of hydrogen-bond donors (Lipinski definition) is 2. The molecule has 0 aliphatic carbocycles. The molecule has 1 heterocycles. The molecule has 0 aromatic heterocycles. The number of nitrogens with zero attached hydrogens (tertiary/aromatic N) is 1. The molecule has 4 heteroatoms. The van der Waals surface area contributed by atoms with Crippen molar-refractivity contribution in [3.05, 3.63) is 0 Å². The van der Waals surface area contributed by atoms with Crippen LogP contribution in [0.1, 0.15) is 34.1 Å². The fourth-order valence-corrected chi connectivity index (χ4v) is 1.84. The van der Waals surface area contributed by atoms with E-state index in [9.17, 15) is 0 Å². The lowest BCUT2D eigenvalue weighted by Gasteiger charge is -2.28. The largest absolute Gasteiger partial charge is 0.381 e. The molecule has 1 aliphatic rings. The van der Waals surface area contributed by atoms with Gasteiger partial charge in [-0.1, -0.05) is 6.92 Å². The van der Waals surface area contributed by atoms with Crippen molar-refractivity contribution in [1.82, 2.24) is 5.32 Å². The number of guanidine groups is 1. The first-order valence-electron chi connectivity index (χ1n) is 6.04. The summed E-state index contributed by atoms with van der Waals surface area (Å²) in [4.78, 5) is 4.41. The zero-order valence-electron chi connectivity index (χ0n) is 10.9. The van der Waals surface area contributed by atoms with E-state index in [1.165, 1.54) is 0 Å². The van der Waals surface area contributed by atoms with Crippen LogP contribution in [0, 0.1) is 11.8 Å². The highest BCUT2D eigenvalue weighted by molar-refractivity contribution is 5.78. The molecule has 0 aromatic rings. The third-order valence-electron chi connectivity index (χ3n) is 2.82. The fraction of sp³-hybridized carbons (Fsp3) is 0.917. The van der Waals surface area contributed by atoms with Crippen molar-refractivity contribution in [2.24, 2.45) is 22.6 Å². The van der Waals surface area contributed by atoms with Gasteiger partial charge in [-0.2, -0.15) is 0 Å². The first-order chi connectivity index (χ1) is 7.38. The third kappa shape index (κ3) is 4.84. The van der Waals surface area contributed by atoms with Gasteiger partial charge in [0.25, 0.3) is 0 Å². The third-order valence-corrected chi connectivity index (χ3v) is 2.82. The Kier molecular flexibility index (Phi) is 4.59. The van der Waals surface area contributed by atoms with Gasteiger partial charge in [0.15, 0.2) is 5.96 Å². The van der Waals surface area contributed by atoms with E-state index in [1.807, 2.05) is 0 Å². The van der Waals surface area contributed by atoms with E-state index in [1.54, 1.807) is 0 Å². The van der Waals surface area contributed by atoms with E-state index in [-0.39, 0.29) is 5.54 Å². The van der Waals surface area contributed by atoms with Crippen LogP contribution in [0.5, 0.6) is 0 Å². The van der Waals surface area contributed by atoms with E-state index in [4.69, 9.17) is 10.5 Å². The predicted molar refractivity (Wildman–Crippen MR) is 67.5 cm³/mol. The molecule has 0 amide bonds. The standard InChI is InChI=1S/C12H25N3O/c1-9-8-16-6-5-10(9)7-14-11(13)15-12(2,3)4/h9-10H,5-8H2,1-4H3,(H3,13,14,15). The van der Waals surface area contributed by atoms with Crippen LogP contribution in [0.2, 0.25) is 0 Å². The Morgan fingerprint density at radius 3 is 2.75 bits per heavy atom. The highest BCUT2D eigenvalue weighted by Gasteiger charge is 2.21. The summed E-state index contributed by atoms with van der Waals surface area (Å²) >= 11 is 0. The van der Waals surface area contributed by atoms with E-state index < -0.39 is 0 Å². The minimum Gasteiger partial charge on any atom is -0.381 e. The molecule has 0 aromatic carbocycles. The molecule has 0 spiro atoms. The summed E-state index contributed by atoms with van der Waals surface area (Å²) < 4.78 is 5.40. The van der Waals surface area contributed by atoms with Gasteiger partial charge in [-0.3, -0.25) is 4.99 Å². The van der Waals surface area contributed by atoms with Gasteiger partial charge in [-0.05, 0) is 39.0 Å². The Hall–Kier alpha value is -0.770. The molecular formula is C12H25N3O. The number of aliphatic imine (C=N–C) groups is 1. The van der Waals surface area contributed by atoms with Crippen LogP contribution in [0.4, 0.5) is 0 Å². The molecule has 0 saturated carbocycles. The summed E-state index contributed by atoms with van der Waals surface area (Å²) in [5.41, 5.74) is 5.81. The molecule has 0 radical (unpaired) electrons. The summed E-state index contributed by atoms with van der Waals surface area (Å²) in [6, 6.07) is 0. The van der Waals surface area contributed by atoms with Crippen LogP contribution >= 0.6 is 0 Å². The lowest BCUT2D eigenvalue weighted by molar-refractivity contribution is 0.0273. The smallest absolute Gasteiger partial charge is 0.188 e. The van der Waals surface area contributed by atoms with Crippen LogP contribution in [0.25, 0.3) is 0 Å². The highest BCUT2D eigenvalue weighted by atomic mass is 16.5. The van der Waals surface area contributed by atoms with E-state index in [0.29, 0.717) is 17.8 Å². The Labute approximate surface area is 98.6 Å². The molecule has 1 rings (SSSR count). The van der Waals surface area contributed by atoms with Crippen molar-refractivity contribution < 1.29 is 4.74 Å². The molecule has 1 fully saturated rings. The molecule has 3 N–H and O–H groups in total. The van der Waals surface area contributed by atoms with Crippen molar-refractivity contribution in [2.75, 3.05) is 19.8 Å². The van der Waals surface area contributed by atoms with Gasteiger partial charge in [0, 0.05) is 25.3 Å². The van der Waals surface area contributed by atoms with Crippen molar-refractivity contribution in [3.8, 4) is 0 Å². The second-order valence-corrected chi connectivity index (χ2v) is 5.70. The molecule has 0 bridgehead atoms. The quantitative estimate of drug-likeness (QED) is 0.553. The van der Waals surface area contributed by atoms with Crippen molar-refractivity contribution in [2.45, 2.75) is 39.7 Å².